The number of aromatic nitrogens is 2. The molecule has 1 aliphatic heterocycles. The lowest BCUT2D eigenvalue weighted by Gasteiger charge is -2.31. The van der Waals surface area contributed by atoms with Gasteiger partial charge < -0.3 is 15.0 Å². The average Bonchev–Trinajstić information content (AvgIpc) is 3.34. The number of nitrogens with one attached hydrogen (secondary N) is 1. The van der Waals surface area contributed by atoms with Crippen LogP contribution in [0.1, 0.15) is 46.5 Å². The minimum atomic E-state index is -0.510. The number of fused-ring (bicyclic) bond motifs is 1. The molecule has 6 nitrogen and oxygen atoms in total. The summed E-state index contributed by atoms with van der Waals surface area (Å²) < 4.78 is 20.7. The first-order valence-corrected chi connectivity index (χ1v) is 11.8. The zero-order valence-corrected chi connectivity index (χ0v) is 19.4. The highest BCUT2D eigenvalue weighted by Crippen LogP contribution is 2.39. The van der Waals surface area contributed by atoms with Gasteiger partial charge in [-0.3, -0.25) is 0 Å². The van der Waals surface area contributed by atoms with Gasteiger partial charge in [0.15, 0.2) is 0 Å². The zero-order chi connectivity index (χ0) is 23.2. The van der Waals surface area contributed by atoms with Crippen molar-refractivity contribution in [3.05, 3.63) is 54.5 Å². The number of halogens is 1. The van der Waals surface area contributed by atoms with E-state index in [1.54, 1.807) is 12.1 Å². The Hall–Kier alpha value is -3.09. The van der Waals surface area contributed by atoms with Gasteiger partial charge in [-0.25, -0.2) is 13.9 Å². The minimum absolute atomic E-state index is 0.0677. The predicted molar refractivity (Wildman–Crippen MR) is 127 cm³/mol. The van der Waals surface area contributed by atoms with Gasteiger partial charge in [0.25, 0.3) is 0 Å². The van der Waals surface area contributed by atoms with Gasteiger partial charge in [-0.2, -0.15) is 5.10 Å². The highest BCUT2D eigenvalue weighted by Gasteiger charge is 2.39. The number of benzene rings is 2. The van der Waals surface area contributed by atoms with Crippen molar-refractivity contribution in [2.45, 2.75) is 64.1 Å². The summed E-state index contributed by atoms with van der Waals surface area (Å²) in [5.41, 5.74) is 2.44. The Labute approximate surface area is 193 Å². The molecule has 1 aliphatic carbocycles. The second-order valence-electron chi connectivity index (χ2n) is 10.3. The maximum Gasteiger partial charge on any atom is 0.407 e. The van der Waals surface area contributed by atoms with Gasteiger partial charge in [0.2, 0.25) is 0 Å². The Bertz CT molecular complexity index is 1150. The number of amides is 1. The molecule has 1 N–H and O–H groups in total. The quantitative estimate of drug-likeness (QED) is 0.563. The van der Waals surface area contributed by atoms with Gasteiger partial charge >= 0.3 is 6.09 Å². The summed E-state index contributed by atoms with van der Waals surface area (Å²) in [6.07, 6.45) is 6.02. The lowest BCUT2D eigenvalue weighted by Crippen LogP contribution is -2.46. The fraction of sp³-hybridized carbons (Fsp3) is 0.462. The molecule has 0 spiro atoms. The molecule has 174 valence electrons. The van der Waals surface area contributed by atoms with Crippen molar-refractivity contribution in [1.29, 1.82) is 0 Å². The van der Waals surface area contributed by atoms with E-state index in [0.717, 1.165) is 47.6 Å². The number of nitrogens with zero attached hydrogens (tertiary/aromatic N) is 3. The van der Waals surface area contributed by atoms with Crippen LogP contribution in [0.5, 0.6) is 0 Å². The fourth-order valence-corrected chi connectivity index (χ4v) is 4.78. The van der Waals surface area contributed by atoms with Crippen molar-refractivity contribution in [3.63, 3.8) is 0 Å². The van der Waals surface area contributed by atoms with E-state index in [2.05, 4.69) is 33.5 Å². The molecule has 2 heterocycles. The number of ether oxygens (including phenoxy) is 1. The van der Waals surface area contributed by atoms with E-state index < -0.39 is 5.60 Å². The standard InChI is InChI=1S/C26H31FN4O2/c1-26(2,3)33-25(32)29-22-12-13-30(24(22)14-17-4-5-17)21-10-11-23-18(15-21)16-28-31(23)20-8-6-19(27)7-9-20/h6-11,15-17,22,24H,4-5,12-14H2,1-3H3,(H,29,32). The first-order chi connectivity index (χ1) is 15.8. The lowest BCUT2D eigenvalue weighted by atomic mass is 10.0. The minimum Gasteiger partial charge on any atom is -0.444 e. The predicted octanol–water partition coefficient (Wildman–Crippen LogP) is 5.44. The van der Waals surface area contributed by atoms with Crippen LogP contribution in [-0.2, 0) is 4.74 Å². The molecule has 1 amide bonds. The summed E-state index contributed by atoms with van der Waals surface area (Å²) in [6, 6.07) is 13.0. The van der Waals surface area contributed by atoms with Crippen molar-refractivity contribution < 1.29 is 13.9 Å². The van der Waals surface area contributed by atoms with Crippen LogP contribution in [0.15, 0.2) is 48.7 Å². The van der Waals surface area contributed by atoms with Crippen molar-refractivity contribution in [2.24, 2.45) is 5.92 Å². The van der Waals surface area contributed by atoms with Crippen molar-refractivity contribution in [3.8, 4) is 5.69 Å². The molecule has 1 saturated carbocycles. The highest BCUT2D eigenvalue weighted by atomic mass is 19.1. The van der Waals surface area contributed by atoms with Gasteiger partial charge in [0.05, 0.1) is 23.4 Å². The third kappa shape index (κ3) is 4.82. The summed E-state index contributed by atoms with van der Waals surface area (Å²) in [5.74, 6) is 0.478. The Kier molecular flexibility index (Phi) is 5.51. The number of anilines is 1. The molecule has 0 bridgehead atoms. The Morgan fingerprint density at radius 3 is 2.55 bits per heavy atom. The molecular weight excluding hydrogens is 419 g/mol. The first-order valence-electron chi connectivity index (χ1n) is 11.8. The van der Waals surface area contributed by atoms with Crippen molar-refractivity contribution >= 4 is 22.7 Å². The number of carbonyl (C=O) groups is 1. The van der Waals surface area contributed by atoms with Crippen molar-refractivity contribution in [1.82, 2.24) is 15.1 Å². The third-order valence-corrected chi connectivity index (χ3v) is 6.47. The van der Waals surface area contributed by atoms with E-state index in [1.807, 2.05) is 31.6 Å². The van der Waals surface area contributed by atoms with Gasteiger partial charge in [0, 0.05) is 23.7 Å². The maximum absolute atomic E-state index is 13.3. The van der Waals surface area contributed by atoms with Gasteiger partial charge in [0.1, 0.15) is 11.4 Å². The van der Waals surface area contributed by atoms with Crippen LogP contribution in [0, 0.1) is 11.7 Å². The Morgan fingerprint density at radius 1 is 1.12 bits per heavy atom. The molecule has 2 aliphatic rings. The van der Waals surface area contributed by atoms with E-state index in [9.17, 15) is 9.18 Å². The van der Waals surface area contributed by atoms with E-state index in [1.165, 1.54) is 25.0 Å². The molecule has 1 aromatic heterocycles. The lowest BCUT2D eigenvalue weighted by molar-refractivity contribution is 0.0500. The average molecular weight is 451 g/mol. The van der Waals surface area contributed by atoms with Gasteiger partial charge in [-0.1, -0.05) is 12.8 Å². The van der Waals surface area contributed by atoms with E-state index >= 15 is 0 Å². The normalized spacial score (nSPS) is 20.9. The maximum atomic E-state index is 13.3. The van der Waals surface area contributed by atoms with E-state index in [0.29, 0.717) is 0 Å². The molecule has 1 saturated heterocycles. The monoisotopic (exact) mass is 450 g/mol. The number of alkyl carbamates (subject to hydrolysis) is 1. The van der Waals surface area contributed by atoms with Crippen LogP contribution in [0.3, 0.4) is 0 Å². The smallest absolute Gasteiger partial charge is 0.407 e. The molecule has 2 fully saturated rings. The Balaban J connectivity index is 1.38. The second kappa shape index (κ2) is 8.36. The molecule has 7 heteroatoms. The number of rotatable bonds is 5. The largest absolute Gasteiger partial charge is 0.444 e. The zero-order valence-electron chi connectivity index (χ0n) is 19.4. The van der Waals surface area contributed by atoms with Crippen LogP contribution in [0.2, 0.25) is 0 Å². The van der Waals surface area contributed by atoms with Crippen LogP contribution in [-0.4, -0.2) is 40.1 Å². The van der Waals surface area contributed by atoms with Crippen LogP contribution in [0.4, 0.5) is 14.9 Å². The number of hydrogen-bond donors (Lipinski definition) is 1. The number of carbonyl (C=O) groups excluding carboxylic acids is 1. The van der Waals surface area contributed by atoms with Crippen LogP contribution >= 0.6 is 0 Å². The molecule has 2 unspecified atom stereocenters. The molecule has 5 rings (SSSR count). The highest BCUT2D eigenvalue weighted by molar-refractivity contribution is 5.84. The fourth-order valence-electron chi connectivity index (χ4n) is 4.78. The third-order valence-electron chi connectivity index (χ3n) is 6.47. The molecule has 2 atom stereocenters. The van der Waals surface area contributed by atoms with Gasteiger partial charge in [-0.15, -0.1) is 0 Å². The molecular formula is C26H31FN4O2. The molecule has 3 aromatic rings. The molecule has 0 radical (unpaired) electrons. The summed E-state index contributed by atoms with van der Waals surface area (Å²) >= 11 is 0. The Morgan fingerprint density at radius 2 is 1.85 bits per heavy atom. The summed E-state index contributed by atoms with van der Waals surface area (Å²) in [5, 5.41) is 8.70. The molecule has 33 heavy (non-hydrogen) atoms. The van der Waals surface area contributed by atoms with Crippen molar-refractivity contribution in [2.75, 3.05) is 11.4 Å². The summed E-state index contributed by atoms with van der Waals surface area (Å²) in [7, 11) is 0. The SMILES string of the molecule is CC(C)(C)OC(=O)NC1CCN(c2ccc3c(cnn3-c3ccc(F)cc3)c2)C1CC1CC1. The summed E-state index contributed by atoms with van der Waals surface area (Å²) in [4.78, 5) is 14.9. The van der Waals surface area contributed by atoms with Crippen LogP contribution < -0.4 is 10.2 Å². The van der Waals surface area contributed by atoms with E-state index in [4.69, 9.17) is 4.74 Å². The summed E-state index contributed by atoms with van der Waals surface area (Å²) in [6.45, 7) is 6.54. The van der Waals surface area contributed by atoms with E-state index in [-0.39, 0.29) is 24.0 Å². The topological polar surface area (TPSA) is 59.4 Å². The number of hydrogen-bond acceptors (Lipinski definition) is 4. The molecule has 2 aromatic carbocycles. The van der Waals surface area contributed by atoms with Gasteiger partial charge in [-0.05, 0) is 82.0 Å². The second-order valence-corrected chi connectivity index (χ2v) is 10.3. The first kappa shape index (κ1) is 21.7. The van der Waals surface area contributed by atoms with Crippen LogP contribution in [0.25, 0.3) is 16.6 Å².